The molecule has 2 amide bonds. The van der Waals surface area contributed by atoms with Crippen molar-refractivity contribution in [3.05, 3.63) is 12.2 Å². The zero-order valence-electron chi connectivity index (χ0n) is 8.16. The number of nitrogens with two attached hydrogens (primary N) is 1. The van der Waals surface area contributed by atoms with E-state index in [1.54, 1.807) is 6.08 Å². The molecule has 0 radical (unpaired) electrons. The highest BCUT2D eigenvalue weighted by atomic mass is 16.5. The largest absolute Gasteiger partial charge is 0.379 e. The van der Waals surface area contributed by atoms with Crippen LogP contribution in [0.2, 0.25) is 0 Å². The quantitative estimate of drug-likeness (QED) is 0.539. The summed E-state index contributed by atoms with van der Waals surface area (Å²) in [5.41, 5.74) is 5.25. The van der Waals surface area contributed by atoms with Gasteiger partial charge in [0.05, 0.1) is 12.6 Å². The number of amides is 2. The molecule has 1 heterocycles. The number of nitrogens with one attached hydrogen (secondary N) is 2. The van der Waals surface area contributed by atoms with Crippen LogP contribution in [0.3, 0.4) is 0 Å². The standard InChI is InChI=1S/C9H17N3O2/c10-4-1-2-5-11-9(13)12-8-3-6-14-7-8/h1-2,8H,3-7,10H2,(H2,11,12,13)/b2-1+. The van der Waals surface area contributed by atoms with E-state index in [2.05, 4.69) is 10.6 Å². The molecule has 0 aliphatic carbocycles. The Morgan fingerprint density at radius 3 is 3.07 bits per heavy atom. The van der Waals surface area contributed by atoms with Crippen LogP contribution in [0, 0.1) is 0 Å². The van der Waals surface area contributed by atoms with Crippen LogP contribution in [0.5, 0.6) is 0 Å². The lowest BCUT2D eigenvalue weighted by molar-refractivity contribution is 0.188. The van der Waals surface area contributed by atoms with Gasteiger partial charge in [0, 0.05) is 19.7 Å². The summed E-state index contributed by atoms with van der Waals surface area (Å²) in [6.45, 7) is 2.36. The summed E-state index contributed by atoms with van der Waals surface area (Å²) < 4.78 is 5.13. The van der Waals surface area contributed by atoms with Crippen molar-refractivity contribution in [2.24, 2.45) is 5.73 Å². The lowest BCUT2D eigenvalue weighted by atomic mass is 10.3. The van der Waals surface area contributed by atoms with Crippen molar-refractivity contribution in [1.82, 2.24) is 10.6 Å². The predicted molar refractivity (Wildman–Crippen MR) is 54.0 cm³/mol. The molecule has 5 nitrogen and oxygen atoms in total. The highest BCUT2D eigenvalue weighted by Gasteiger charge is 2.16. The van der Waals surface area contributed by atoms with Gasteiger partial charge in [-0.15, -0.1) is 0 Å². The first-order valence-electron chi connectivity index (χ1n) is 4.80. The maximum atomic E-state index is 11.2. The van der Waals surface area contributed by atoms with Crippen molar-refractivity contribution in [3.8, 4) is 0 Å². The number of rotatable bonds is 4. The first-order valence-corrected chi connectivity index (χ1v) is 4.80. The first kappa shape index (κ1) is 11.0. The van der Waals surface area contributed by atoms with Crippen LogP contribution in [-0.4, -0.2) is 38.4 Å². The molecule has 1 saturated heterocycles. The average molecular weight is 199 g/mol. The number of carbonyl (C=O) groups excluding carboxylic acids is 1. The normalized spacial score (nSPS) is 21.4. The minimum absolute atomic E-state index is 0.151. The molecule has 5 heteroatoms. The summed E-state index contributed by atoms with van der Waals surface area (Å²) in [5.74, 6) is 0. The van der Waals surface area contributed by atoms with E-state index in [0.29, 0.717) is 19.7 Å². The maximum absolute atomic E-state index is 11.2. The number of ether oxygens (including phenoxy) is 1. The van der Waals surface area contributed by atoms with Crippen molar-refractivity contribution in [3.63, 3.8) is 0 Å². The van der Waals surface area contributed by atoms with Crippen molar-refractivity contribution in [1.29, 1.82) is 0 Å². The molecule has 14 heavy (non-hydrogen) atoms. The van der Waals surface area contributed by atoms with Gasteiger partial charge in [0.2, 0.25) is 0 Å². The van der Waals surface area contributed by atoms with Gasteiger partial charge in [-0.3, -0.25) is 0 Å². The fraction of sp³-hybridized carbons (Fsp3) is 0.667. The molecule has 1 rings (SSSR count). The van der Waals surface area contributed by atoms with Crippen LogP contribution < -0.4 is 16.4 Å². The van der Waals surface area contributed by atoms with Crippen LogP contribution in [0.1, 0.15) is 6.42 Å². The molecule has 0 spiro atoms. The Morgan fingerprint density at radius 2 is 2.43 bits per heavy atom. The van der Waals surface area contributed by atoms with Crippen molar-refractivity contribution < 1.29 is 9.53 Å². The molecule has 80 valence electrons. The fourth-order valence-electron chi connectivity index (χ4n) is 1.22. The third-order valence-corrected chi connectivity index (χ3v) is 1.95. The van der Waals surface area contributed by atoms with Crippen molar-refractivity contribution in [2.45, 2.75) is 12.5 Å². The summed E-state index contributed by atoms with van der Waals surface area (Å²) in [4.78, 5) is 11.2. The summed E-state index contributed by atoms with van der Waals surface area (Å²) >= 11 is 0. The summed E-state index contributed by atoms with van der Waals surface area (Å²) in [7, 11) is 0. The summed E-state index contributed by atoms with van der Waals surface area (Å²) in [6.07, 6.45) is 4.52. The Kier molecular flexibility index (Phi) is 5.03. The second-order valence-electron chi connectivity index (χ2n) is 3.12. The van der Waals surface area contributed by atoms with Gasteiger partial charge in [0.1, 0.15) is 0 Å². The molecule has 1 aliphatic rings. The van der Waals surface area contributed by atoms with E-state index in [1.165, 1.54) is 0 Å². The van der Waals surface area contributed by atoms with Gasteiger partial charge in [-0.1, -0.05) is 12.2 Å². The molecule has 0 saturated carbocycles. The van der Waals surface area contributed by atoms with Crippen molar-refractivity contribution in [2.75, 3.05) is 26.3 Å². The molecule has 1 atom stereocenters. The van der Waals surface area contributed by atoms with Crippen molar-refractivity contribution >= 4 is 6.03 Å². The lowest BCUT2D eigenvalue weighted by Crippen LogP contribution is -2.42. The number of carbonyl (C=O) groups is 1. The smallest absolute Gasteiger partial charge is 0.315 e. The minimum Gasteiger partial charge on any atom is -0.379 e. The third kappa shape index (κ3) is 4.25. The van der Waals surface area contributed by atoms with E-state index in [1.807, 2.05) is 6.08 Å². The van der Waals surface area contributed by atoms with E-state index in [9.17, 15) is 4.79 Å². The molecule has 0 aromatic carbocycles. The Hall–Kier alpha value is -1.07. The third-order valence-electron chi connectivity index (χ3n) is 1.95. The van der Waals surface area contributed by atoms with Crippen LogP contribution >= 0.6 is 0 Å². The molecule has 4 N–H and O–H groups in total. The summed E-state index contributed by atoms with van der Waals surface area (Å²) in [6, 6.07) is 0.00987. The van der Waals surface area contributed by atoms with Gasteiger partial charge in [0.15, 0.2) is 0 Å². The van der Waals surface area contributed by atoms with Gasteiger partial charge in [0.25, 0.3) is 0 Å². The van der Waals surface area contributed by atoms with Gasteiger partial charge in [-0.2, -0.15) is 0 Å². The Bertz CT molecular complexity index is 200. The Labute approximate surface area is 83.7 Å². The topological polar surface area (TPSA) is 76.4 Å². The minimum atomic E-state index is -0.151. The van der Waals surface area contributed by atoms with E-state index in [-0.39, 0.29) is 12.1 Å². The van der Waals surface area contributed by atoms with E-state index in [4.69, 9.17) is 10.5 Å². The molecule has 1 aliphatic heterocycles. The molecule has 1 unspecified atom stereocenters. The molecule has 0 bridgehead atoms. The van der Waals surface area contributed by atoms with Gasteiger partial charge in [-0.25, -0.2) is 4.79 Å². The van der Waals surface area contributed by atoms with E-state index in [0.717, 1.165) is 13.0 Å². The van der Waals surface area contributed by atoms with Crippen LogP contribution in [0.15, 0.2) is 12.2 Å². The Balaban J connectivity index is 2.06. The summed E-state index contributed by atoms with van der Waals surface area (Å²) in [5, 5.41) is 5.51. The lowest BCUT2D eigenvalue weighted by Gasteiger charge is -2.10. The first-order chi connectivity index (χ1) is 6.83. The highest BCUT2D eigenvalue weighted by molar-refractivity contribution is 5.74. The maximum Gasteiger partial charge on any atom is 0.315 e. The molecule has 1 fully saturated rings. The average Bonchev–Trinajstić information content (AvgIpc) is 2.65. The molecule has 0 aromatic rings. The second-order valence-corrected chi connectivity index (χ2v) is 3.12. The van der Waals surface area contributed by atoms with E-state index >= 15 is 0 Å². The highest BCUT2D eigenvalue weighted by Crippen LogP contribution is 2.02. The van der Waals surface area contributed by atoms with Crippen LogP contribution in [0.25, 0.3) is 0 Å². The zero-order valence-corrected chi connectivity index (χ0v) is 8.16. The molecular weight excluding hydrogens is 182 g/mol. The zero-order chi connectivity index (χ0) is 10.2. The van der Waals surface area contributed by atoms with Gasteiger partial charge < -0.3 is 21.1 Å². The Morgan fingerprint density at radius 1 is 1.57 bits per heavy atom. The predicted octanol–water partition coefficient (Wildman–Crippen LogP) is -0.411. The van der Waals surface area contributed by atoms with Crippen LogP contribution in [0.4, 0.5) is 4.79 Å². The molecular formula is C9H17N3O2. The monoisotopic (exact) mass is 199 g/mol. The molecule has 0 aromatic heterocycles. The SMILES string of the molecule is NC/C=C/CNC(=O)NC1CCOC1. The fourth-order valence-corrected chi connectivity index (χ4v) is 1.22. The number of hydrogen-bond acceptors (Lipinski definition) is 3. The van der Waals surface area contributed by atoms with Crippen LogP contribution in [-0.2, 0) is 4.74 Å². The van der Waals surface area contributed by atoms with Gasteiger partial charge >= 0.3 is 6.03 Å². The second kappa shape index (κ2) is 6.39. The number of hydrogen-bond donors (Lipinski definition) is 3. The van der Waals surface area contributed by atoms with Gasteiger partial charge in [-0.05, 0) is 6.42 Å². The van der Waals surface area contributed by atoms with E-state index < -0.39 is 0 Å². The number of urea groups is 1.